The van der Waals surface area contributed by atoms with Gasteiger partial charge in [-0.2, -0.15) is 0 Å². The van der Waals surface area contributed by atoms with Crippen molar-refractivity contribution in [2.45, 2.75) is 26.9 Å². The van der Waals surface area contributed by atoms with E-state index in [0.717, 1.165) is 0 Å². The molecule has 0 aliphatic rings. The second-order valence-electron chi connectivity index (χ2n) is 4.17. The maximum atomic E-state index is 11.4. The molecule has 0 radical (unpaired) electrons. The summed E-state index contributed by atoms with van der Waals surface area (Å²) < 4.78 is 5.11. The van der Waals surface area contributed by atoms with Crippen LogP contribution in [0, 0.1) is 5.92 Å². The van der Waals surface area contributed by atoms with E-state index in [1.54, 1.807) is 12.1 Å². The Bertz CT molecular complexity index is 377. The van der Waals surface area contributed by atoms with Crippen molar-refractivity contribution < 1.29 is 28.4 Å². The van der Waals surface area contributed by atoms with E-state index in [4.69, 9.17) is 4.74 Å². The Balaban J connectivity index is 0.00000289. The number of para-hydroxylation sites is 1. The fourth-order valence-electron chi connectivity index (χ4n) is 1.21. The Morgan fingerprint density at radius 2 is 1.78 bits per heavy atom. The van der Waals surface area contributed by atoms with Gasteiger partial charge in [0.1, 0.15) is 6.10 Å². The van der Waals surface area contributed by atoms with Crippen LogP contribution >= 0.6 is 0 Å². The number of hydrogen-bond acceptors (Lipinski definition) is 2. The number of rotatable bonds is 4. The first kappa shape index (κ1) is 16.8. The minimum Gasteiger partial charge on any atom is -0.591 e. The Kier molecular flexibility index (Phi) is 8.27. The summed E-state index contributed by atoms with van der Waals surface area (Å²) in [6.07, 6.45) is 3.05. The van der Waals surface area contributed by atoms with Crippen LogP contribution in [0.5, 0.6) is 0 Å². The van der Waals surface area contributed by atoms with E-state index in [2.05, 4.69) is 19.2 Å². The Morgan fingerprint density at radius 1 is 1.17 bits per heavy atom. The zero-order valence-electron chi connectivity index (χ0n) is 11.5. The predicted octanol–water partition coefficient (Wildman–Crippen LogP) is 1.43. The summed E-state index contributed by atoms with van der Waals surface area (Å²) in [4.78, 5) is 11.4. The van der Waals surface area contributed by atoms with Gasteiger partial charge < -0.3 is 10.1 Å². The van der Waals surface area contributed by atoms with Crippen molar-refractivity contribution in [2.75, 3.05) is 0 Å². The van der Waals surface area contributed by atoms with Crippen molar-refractivity contribution in [3.05, 3.63) is 47.8 Å². The second-order valence-corrected chi connectivity index (χ2v) is 4.17. The monoisotopic (exact) mass is 239 g/mol. The zero-order valence-corrected chi connectivity index (χ0v) is 11.5. The molecule has 3 nitrogen and oxygen atoms in total. The summed E-state index contributed by atoms with van der Waals surface area (Å²) in [5.74, 6) is 0.446. The summed E-state index contributed by atoms with van der Waals surface area (Å²) in [6.45, 7) is 5.95. The van der Waals surface area contributed by atoms with Crippen LogP contribution < -0.4 is 18.9 Å². The third-order valence-corrected chi connectivity index (χ3v) is 2.03. The van der Waals surface area contributed by atoms with E-state index >= 15 is 0 Å². The van der Waals surface area contributed by atoms with Crippen LogP contribution in [0.4, 0.5) is 10.5 Å². The topological polar surface area (TPSA) is 40.4 Å². The van der Waals surface area contributed by atoms with Gasteiger partial charge in [0.25, 0.3) is 0 Å². The average molecular weight is 239 g/mol. The van der Waals surface area contributed by atoms with Crippen LogP contribution in [0.15, 0.2) is 42.5 Å². The third kappa shape index (κ3) is 7.21. The van der Waals surface area contributed by atoms with Crippen LogP contribution in [0.2, 0.25) is 0 Å². The number of benzene rings is 1. The van der Waals surface area contributed by atoms with Crippen LogP contribution in [0.1, 0.15) is 20.8 Å². The molecule has 92 valence electrons. The summed E-state index contributed by atoms with van der Waals surface area (Å²) in [6, 6.07) is 9.05. The molecule has 1 aromatic rings. The maximum Gasteiger partial charge on any atom is 1.00 e. The van der Waals surface area contributed by atoms with Crippen molar-refractivity contribution in [1.29, 1.82) is 0 Å². The van der Waals surface area contributed by atoms with E-state index in [1.165, 1.54) is 0 Å². The molecule has 0 N–H and O–H groups in total. The molecule has 18 heavy (non-hydrogen) atoms. The van der Waals surface area contributed by atoms with Crippen LogP contribution in [0.25, 0.3) is 5.32 Å². The van der Waals surface area contributed by atoms with Gasteiger partial charge in [0.2, 0.25) is 6.09 Å². The fraction of sp³-hybridized carbons (Fsp3) is 0.357. The van der Waals surface area contributed by atoms with Gasteiger partial charge in [-0.25, -0.2) is 0 Å². The molecular weight excluding hydrogens is 221 g/mol. The number of hydrogen-bond donors (Lipinski definition) is 0. The molecule has 0 saturated heterocycles. The quantitative estimate of drug-likeness (QED) is 0.589. The standard InChI is InChI=1S/C14H19NO2.Li/c1-11(2)9-10-12(3)17-14(16)15-13-7-5-4-6-8-13;/h4-12H,1-3H3,(H,15,16);/q;+1/p-1/b10-9+;. The van der Waals surface area contributed by atoms with Crippen molar-refractivity contribution >= 4 is 11.8 Å². The van der Waals surface area contributed by atoms with Crippen molar-refractivity contribution in [3.8, 4) is 0 Å². The molecule has 0 aliphatic carbocycles. The number of amides is 1. The van der Waals surface area contributed by atoms with E-state index in [-0.39, 0.29) is 25.0 Å². The molecule has 0 spiro atoms. The van der Waals surface area contributed by atoms with Gasteiger partial charge in [-0.15, -0.1) is 5.69 Å². The first-order valence-corrected chi connectivity index (χ1v) is 5.73. The average Bonchev–Trinajstić information content (AvgIpc) is 2.27. The molecule has 1 aromatic carbocycles. The molecule has 1 rings (SSSR count). The molecule has 1 amide bonds. The smallest absolute Gasteiger partial charge is 0.591 e. The summed E-state index contributed by atoms with van der Waals surface area (Å²) in [7, 11) is 0. The normalized spacial score (nSPS) is 12.0. The van der Waals surface area contributed by atoms with E-state index in [0.29, 0.717) is 11.6 Å². The fourth-order valence-corrected chi connectivity index (χ4v) is 1.21. The van der Waals surface area contributed by atoms with E-state index in [1.807, 2.05) is 37.3 Å². The number of allylic oxidation sites excluding steroid dienone is 1. The molecule has 0 aromatic heterocycles. The molecular formula is C14H18LiNO2. The van der Waals surface area contributed by atoms with Crippen LogP contribution in [-0.4, -0.2) is 12.2 Å². The number of ether oxygens (including phenoxy) is 1. The van der Waals surface area contributed by atoms with E-state index in [9.17, 15) is 4.79 Å². The Morgan fingerprint density at radius 3 is 2.33 bits per heavy atom. The summed E-state index contributed by atoms with van der Waals surface area (Å²) >= 11 is 0. The van der Waals surface area contributed by atoms with Crippen molar-refractivity contribution in [1.82, 2.24) is 0 Å². The maximum absolute atomic E-state index is 11.4. The summed E-state index contributed by atoms with van der Waals surface area (Å²) in [5, 5.41) is 3.83. The van der Waals surface area contributed by atoms with E-state index < -0.39 is 6.09 Å². The molecule has 1 atom stereocenters. The van der Waals surface area contributed by atoms with Gasteiger partial charge in [0.05, 0.1) is 0 Å². The predicted molar refractivity (Wildman–Crippen MR) is 69.4 cm³/mol. The number of carbonyl (C=O) groups is 1. The molecule has 1 unspecified atom stereocenters. The molecule has 4 heteroatoms. The molecule has 0 heterocycles. The number of nitrogens with zero attached hydrogens (tertiary/aromatic N) is 1. The Labute approximate surface area is 121 Å². The molecule has 0 fully saturated rings. The minimum atomic E-state index is -0.558. The van der Waals surface area contributed by atoms with Gasteiger partial charge in [0, 0.05) is 0 Å². The first-order chi connectivity index (χ1) is 8.08. The SMILES string of the molecule is CC(C)/C=C/C(C)OC(=O)[N-]c1ccccc1.[Li+]. The molecule has 0 saturated carbocycles. The van der Waals surface area contributed by atoms with Crippen LogP contribution in [-0.2, 0) is 4.74 Å². The second kappa shape index (κ2) is 8.85. The van der Waals surface area contributed by atoms with Crippen LogP contribution in [0.3, 0.4) is 0 Å². The van der Waals surface area contributed by atoms with Gasteiger partial charge in [-0.3, -0.25) is 4.79 Å². The van der Waals surface area contributed by atoms with Gasteiger partial charge >= 0.3 is 18.9 Å². The Hall–Kier alpha value is -1.17. The van der Waals surface area contributed by atoms with Crippen molar-refractivity contribution in [2.24, 2.45) is 5.92 Å². The van der Waals surface area contributed by atoms with Gasteiger partial charge in [-0.1, -0.05) is 50.3 Å². The molecule has 0 aliphatic heterocycles. The third-order valence-electron chi connectivity index (χ3n) is 2.03. The molecule has 0 bridgehead atoms. The van der Waals surface area contributed by atoms with Gasteiger partial charge in [-0.05, 0) is 18.9 Å². The van der Waals surface area contributed by atoms with Crippen molar-refractivity contribution in [3.63, 3.8) is 0 Å². The van der Waals surface area contributed by atoms with Gasteiger partial charge in [0.15, 0.2) is 0 Å². The number of carbonyl (C=O) groups excluding carboxylic acids is 1. The largest absolute Gasteiger partial charge is 1.00 e. The minimum absolute atomic E-state index is 0. The zero-order chi connectivity index (χ0) is 12.7. The first-order valence-electron chi connectivity index (χ1n) is 5.73. The summed E-state index contributed by atoms with van der Waals surface area (Å²) in [5.41, 5.74) is 0.609.